The van der Waals surface area contributed by atoms with Crippen molar-refractivity contribution in [2.45, 2.75) is 19.8 Å². The molecule has 0 aliphatic carbocycles. The molecule has 0 aliphatic rings. The van der Waals surface area contributed by atoms with Crippen LogP contribution in [0.15, 0.2) is 55.0 Å². The summed E-state index contributed by atoms with van der Waals surface area (Å²) in [5.41, 5.74) is 2.20. The zero-order chi connectivity index (χ0) is 15.5. The Kier molecular flexibility index (Phi) is 4.29. The van der Waals surface area contributed by atoms with Gasteiger partial charge in [-0.05, 0) is 47.9 Å². The molecule has 1 unspecified atom stereocenters. The van der Waals surface area contributed by atoms with Crippen LogP contribution in [0.2, 0.25) is 0 Å². The van der Waals surface area contributed by atoms with E-state index in [0.717, 1.165) is 10.6 Å². The van der Waals surface area contributed by atoms with Crippen LogP contribution in [-0.2, 0) is 0 Å². The monoisotopic (exact) mass is 312 g/mol. The van der Waals surface area contributed by atoms with Gasteiger partial charge < -0.3 is 0 Å². The van der Waals surface area contributed by atoms with Crippen molar-refractivity contribution in [3.05, 3.63) is 71.2 Å². The zero-order valence-corrected chi connectivity index (χ0v) is 13.3. The maximum absolute atomic E-state index is 13.0. The highest BCUT2D eigenvalue weighted by Crippen LogP contribution is 2.37. The number of pyridine rings is 1. The van der Waals surface area contributed by atoms with E-state index >= 15 is 0 Å². The van der Waals surface area contributed by atoms with Crippen LogP contribution in [0.25, 0.3) is 10.6 Å². The van der Waals surface area contributed by atoms with Crippen molar-refractivity contribution in [1.82, 2.24) is 9.97 Å². The van der Waals surface area contributed by atoms with Crippen LogP contribution in [0.5, 0.6) is 0 Å². The predicted molar refractivity (Wildman–Crippen MR) is 88.4 cm³/mol. The summed E-state index contributed by atoms with van der Waals surface area (Å²) < 4.78 is 13.0. The number of aromatic nitrogens is 2. The van der Waals surface area contributed by atoms with Gasteiger partial charge in [-0.2, -0.15) is 0 Å². The second kappa shape index (κ2) is 6.36. The fourth-order valence-corrected chi connectivity index (χ4v) is 3.83. The van der Waals surface area contributed by atoms with E-state index < -0.39 is 0 Å². The summed E-state index contributed by atoms with van der Waals surface area (Å²) in [6.07, 6.45) is 5.59. The van der Waals surface area contributed by atoms with Gasteiger partial charge in [0.15, 0.2) is 0 Å². The molecule has 1 atom stereocenters. The van der Waals surface area contributed by atoms with E-state index in [9.17, 15) is 4.39 Å². The molecule has 0 N–H and O–H groups in total. The number of thiazole rings is 1. The van der Waals surface area contributed by atoms with Crippen molar-refractivity contribution in [3.8, 4) is 10.6 Å². The molecule has 2 nitrogen and oxygen atoms in total. The minimum absolute atomic E-state index is 0.225. The second-order valence-corrected chi connectivity index (χ2v) is 6.64. The first-order valence-corrected chi connectivity index (χ1v) is 8.08. The molecule has 0 saturated heterocycles. The summed E-state index contributed by atoms with van der Waals surface area (Å²) in [5.74, 6) is 0.538. The highest BCUT2D eigenvalue weighted by molar-refractivity contribution is 7.15. The highest BCUT2D eigenvalue weighted by Gasteiger charge is 2.21. The smallest absolute Gasteiger partial charge is 0.123 e. The summed E-state index contributed by atoms with van der Waals surface area (Å²) in [4.78, 5) is 9.84. The molecule has 0 radical (unpaired) electrons. The van der Waals surface area contributed by atoms with Crippen molar-refractivity contribution in [3.63, 3.8) is 0 Å². The van der Waals surface area contributed by atoms with Gasteiger partial charge in [-0.1, -0.05) is 13.8 Å². The van der Waals surface area contributed by atoms with Gasteiger partial charge in [-0.3, -0.25) is 4.98 Å². The van der Waals surface area contributed by atoms with Crippen LogP contribution in [-0.4, -0.2) is 9.97 Å². The van der Waals surface area contributed by atoms with Crippen LogP contribution >= 0.6 is 11.3 Å². The molecule has 0 bridgehead atoms. The van der Waals surface area contributed by atoms with Gasteiger partial charge in [0.05, 0.1) is 0 Å². The summed E-state index contributed by atoms with van der Waals surface area (Å²) in [6.45, 7) is 4.42. The molecule has 4 heteroatoms. The van der Waals surface area contributed by atoms with Crippen molar-refractivity contribution in [2.75, 3.05) is 0 Å². The van der Waals surface area contributed by atoms with E-state index in [4.69, 9.17) is 0 Å². The topological polar surface area (TPSA) is 25.8 Å². The first-order chi connectivity index (χ1) is 10.6. The van der Waals surface area contributed by atoms with E-state index in [0.29, 0.717) is 11.8 Å². The molecule has 0 spiro atoms. The molecule has 0 saturated carbocycles. The van der Waals surface area contributed by atoms with Crippen LogP contribution in [0.3, 0.4) is 0 Å². The van der Waals surface area contributed by atoms with E-state index in [-0.39, 0.29) is 5.82 Å². The number of hydrogen-bond acceptors (Lipinski definition) is 3. The number of benzene rings is 1. The van der Waals surface area contributed by atoms with Gasteiger partial charge >= 0.3 is 0 Å². The molecule has 2 heterocycles. The molecule has 0 fully saturated rings. The Balaban J connectivity index is 1.95. The SMILES string of the molecule is CC(C)C(c1ccncc1)c1cnc(-c2ccc(F)cc2)s1. The van der Waals surface area contributed by atoms with Crippen LogP contribution in [0, 0.1) is 11.7 Å². The van der Waals surface area contributed by atoms with Crippen molar-refractivity contribution in [1.29, 1.82) is 0 Å². The van der Waals surface area contributed by atoms with Gasteiger partial charge in [-0.15, -0.1) is 11.3 Å². The van der Waals surface area contributed by atoms with Crippen molar-refractivity contribution < 1.29 is 4.39 Å². The molecule has 0 amide bonds. The Hall–Kier alpha value is -2.07. The van der Waals surface area contributed by atoms with E-state index in [1.54, 1.807) is 23.5 Å². The number of halogens is 1. The molecule has 112 valence electrons. The molecule has 0 aliphatic heterocycles. The maximum Gasteiger partial charge on any atom is 0.123 e. The number of hydrogen-bond donors (Lipinski definition) is 0. The largest absolute Gasteiger partial charge is 0.265 e. The highest BCUT2D eigenvalue weighted by atomic mass is 32.1. The Morgan fingerprint density at radius 3 is 2.32 bits per heavy atom. The zero-order valence-electron chi connectivity index (χ0n) is 12.5. The normalized spacial score (nSPS) is 12.5. The lowest BCUT2D eigenvalue weighted by Crippen LogP contribution is -2.06. The lowest BCUT2D eigenvalue weighted by atomic mass is 9.88. The average molecular weight is 312 g/mol. The standard InChI is InChI=1S/C18H17FN2S/c1-12(2)17(13-7-9-20-10-8-13)16-11-21-18(22-16)14-3-5-15(19)6-4-14/h3-12,17H,1-2H3. The fraction of sp³-hybridized carbons (Fsp3) is 0.222. The third kappa shape index (κ3) is 3.07. The minimum Gasteiger partial charge on any atom is -0.265 e. The van der Waals surface area contributed by atoms with Gasteiger partial charge in [0.2, 0.25) is 0 Å². The summed E-state index contributed by atoms with van der Waals surface area (Å²) in [7, 11) is 0. The lowest BCUT2D eigenvalue weighted by molar-refractivity contribution is 0.570. The van der Waals surface area contributed by atoms with Crippen molar-refractivity contribution >= 4 is 11.3 Å². The predicted octanol–water partition coefficient (Wildman–Crippen LogP) is 5.13. The molecule has 2 aromatic heterocycles. The van der Waals surface area contributed by atoms with E-state index in [1.165, 1.54) is 22.6 Å². The average Bonchev–Trinajstić information content (AvgIpc) is 2.98. The number of nitrogens with zero attached hydrogens (tertiary/aromatic N) is 2. The Labute approximate surface area is 133 Å². The molecule has 1 aromatic carbocycles. The summed E-state index contributed by atoms with van der Waals surface area (Å²) >= 11 is 1.67. The van der Waals surface area contributed by atoms with Gasteiger partial charge in [0, 0.05) is 34.9 Å². The third-order valence-electron chi connectivity index (χ3n) is 3.65. The van der Waals surface area contributed by atoms with Gasteiger partial charge in [0.25, 0.3) is 0 Å². The van der Waals surface area contributed by atoms with Gasteiger partial charge in [-0.25, -0.2) is 9.37 Å². The van der Waals surface area contributed by atoms with Crippen LogP contribution < -0.4 is 0 Å². The van der Waals surface area contributed by atoms with E-state index in [1.807, 2.05) is 18.6 Å². The maximum atomic E-state index is 13.0. The molecular weight excluding hydrogens is 295 g/mol. The molecule has 3 rings (SSSR count). The van der Waals surface area contributed by atoms with Crippen molar-refractivity contribution in [2.24, 2.45) is 5.92 Å². The first-order valence-electron chi connectivity index (χ1n) is 7.26. The Bertz CT molecular complexity index is 735. The summed E-state index contributed by atoms with van der Waals surface area (Å²) in [5, 5.41) is 0.926. The third-order valence-corrected chi connectivity index (χ3v) is 4.78. The van der Waals surface area contributed by atoms with Crippen LogP contribution in [0.4, 0.5) is 4.39 Å². The van der Waals surface area contributed by atoms with E-state index in [2.05, 4.69) is 35.9 Å². The van der Waals surface area contributed by atoms with Crippen LogP contribution in [0.1, 0.15) is 30.2 Å². The second-order valence-electron chi connectivity index (χ2n) is 5.58. The quantitative estimate of drug-likeness (QED) is 0.667. The lowest BCUT2D eigenvalue weighted by Gasteiger charge is -2.19. The first kappa shape index (κ1) is 14.9. The molecular formula is C18H17FN2S. The molecule has 22 heavy (non-hydrogen) atoms. The number of rotatable bonds is 4. The Morgan fingerprint density at radius 1 is 1.00 bits per heavy atom. The van der Waals surface area contributed by atoms with Gasteiger partial charge in [0.1, 0.15) is 10.8 Å². The molecule has 3 aromatic rings. The fourth-order valence-electron chi connectivity index (χ4n) is 2.60. The minimum atomic E-state index is -0.225. The Morgan fingerprint density at radius 2 is 1.68 bits per heavy atom. The summed E-state index contributed by atoms with van der Waals surface area (Å²) in [6, 6.07) is 10.6.